The summed E-state index contributed by atoms with van der Waals surface area (Å²) in [4.78, 5) is 16.2. The molecule has 3 nitrogen and oxygen atoms in total. The zero-order valence-electron chi connectivity index (χ0n) is 11.9. The molecule has 106 valence electrons. The molecule has 0 heterocycles. The van der Waals surface area contributed by atoms with E-state index in [0.717, 1.165) is 16.8 Å². The number of carboxylic acids is 1. The topological polar surface area (TPSA) is 49.7 Å². The molecule has 0 saturated heterocycles. The highest BCUT2D eigenvalue weighted by atomic mass is 16.4. The molecule has 2 aromatic rings. The Morgan fingerprint density at radius 2 is 1.48 bits per heavy atom. The SMILES string of the molecule is C[C@H]1CC1(N=C(c1ccccc1)c1ccccc1)C(=O)O. The molecule has 1 saturated carbocycles. The molecule has 1 unspecified atom stereocenters. The smallest absolute Gasteiger partial charge is 0.331 e. The summed E-state index contributed by atoms with van der Waals surface area (Å²) in [6, 6.07) is 19.5. The third kappa shape index (κ3) is 2.47. The van der Waals surface area contributed by atoms with Crippen LogP contribution in [0.3, 0.4) is 0 Å². The Balaban J connectivity index is 2.12. The number of carbonyl (C=O) groups is 1. The van der Waals surface area contributed by atoms with Crippen LogP contribution in [0.4, 0.5) is 0 Å². The van der Waals surface area contributed by atoms with Gasteiger partial charge in [-0.25, -0.2) is 4.79 Å². The number of aliphatic carboxylic acids is 1. The Kier molecular flexibility index (Phi) is 3.34. The van der Waals surface area contributed by atoms with E-state index in [1.807, 2.05) is 67.6 Å². The number of hydrogen-bond donors (Lipinski definition) is 1. The highest BCUT2D eigenvalue weighted by molar-refractivity contribution is 6.14. The van der Waals surface area contributed by atoms with Gasteiger partial charge in [0.15, 0.2) is 5.54 Å². The van der Waals surface area contributed by atoms with E-state index in [1.54, 1.807) is 0 Å². The molecular formula is C18H17NO2. The molecule has 1 fully saturated rings. The predicted octanol–water partition coefficient (Wildman–Crippen LogP) is 3.39. The third-order valence-corrected chi connectivity index (χ3v) is 4.05. The first-order chi connectivity index (χ1) is 10.1. The summed E-state index contributed by atoms with van der Waals surface area (Å²) in [6.45, 7) is 1.94. The average Bonchev–Trinajstić information content (AvgIpc) is 3.18. The van der Waals surface area contributed by atoms with Gasteiger partial charge in [-0.05, 0) is 12.3 Å². The van der Waals surface area contributed by atoms with E-state index in [4.69, 9.17) is 0 Å². The molecule has 2 aromatic carbocycles. The maximum absolute atomic E-state index is 11.6. The average molecular weight is 279 g/mol. The van der Waals surface area contributed by atoms with Crippen LogP contribution in [0.1, 0.15) is 24.5 Å². The summed E-state index contributed by atoms with van der Waals surface area (Å²) in [5, 5.41) is 9.51. The van der Waals surface area contributed by atoms with Crippen molar-refractivity contribution in [3.05, 3.63) is 71.8 Å². The molecule has 1 aliphatic carbocycles. The molecule has 0 spiro atoms. The summed E-state index contributed by atoms with van der Waals surface area (Å²) >= 11 is 0. The second-order valence-electron chi connectivity index (χ2n) is 5.53. The van der Waals surface area contributed by atoms with Crippen molar-refractivity contribution in [3.8, 4) is 0 Å². The lowest BCUT2D eigenvalue weighted by Gasteiger charge is -2.12. The van der Waals surface area contributed by atoms with Crippen LogP contribution >= 0.6 is 0 Å². The summed E-state index contributed by atoms with van der Waals surface area (Å²) in [5.41, 5.74) is 1.69. The zero-order chi connectivity index (χ0) is 14.9. The minimum absolute atomic E-state index is 0.0809. The van der Waals surface area contributed by atoms with Gasteiger partial charge in [0.05, 0.1) is 5.71 Å². The highest BCUT2D eigenvalue weighted by Crippen LogP contribution is 2.47. The lowest BCUT2D eigenvalue weighted by atomic mass is 10.0. The Hall–Kier alpha value is -2.42. The first-order valence-electron chi connectivity index (χ1n) is 7.07. The molecular weight excluding hydrogens is 262 g/mol. The van der Waals surface area contributed by atoms with Crippen LogP contribution in [-0.2, 0) is 4.79 Å². The quantitative estimate of drug-likeness (QED) is 0.872. The Morgan fingerprint density at radius 3 is 1.81 bits per heavy atom. The number of hydrogen-bond acceptors (Lipinski definition) is 2. The van der Waals surface area contributed by atoms with Crippen LogP contribution in [0.25, 0.3) is 0 Å². The number of rotatable bonds is 4. The van der Waals surface area contributed by atoms with Crippen molar-refractivity contribution >= 4 is 11.7 Å². The van der Waals surface area contributed by atoms with Gasteiger partial charge in [0.1, 0.15) is 0 Å². The maximum atomic E-state index is 11.6. The van der Waals surface area contributed by atoms with E-state index in [1.165, 1.54) is 0 Å². The van der Waals surface area contributed by atoms with Crippen molar-refractivity contribution in [2.75, 3.05) is 0 Å². The second-order valence-corrected chi connectivity index (χ2v) is 5.53. The maximum Gasteiger partial charge on any atom is 0.331 e. The van der Waals surface area contributed by atoms with Crippen LogP contribution in [0.2, 0.25) is 0 Å². The van der Waals surface area contributed by atoms with Gasteiger partial charge < -0.3 is 5.11 Å². The molecule has 3 heteroatoms. The van der Waals surface area contributed by atoms with Crippen molar-refractivity contribution < 1.29 is 9.90 Å². The number of aliphatic imine (C=N–C) groups is 1. The van der Waals surface area contributed by atoms with Gasteiger partial charge in [0.2, 0.25) is 0 Å². The van der Waals surface area contributed by atoms with Crippen molar-refractivity contribution in [1.29, 1.82) is 0 Å². The van der Waals surface area contributed by atoms with Gasteiger partial charge in [-0.2, -0.15) is 0 Å². The van der Waals surface area contributed by atoms with Crippen molar-refractivity contribution in [1.82, 2.24) is 0 Å². The molecule has 0 aromatic heterocycles. The minimum Gasteiger partial charge on any atom is -0.479 e. The predicted molar refractivity (Wildman–Crippen MR) is 82.7 cm³/mol. The summed E-state index contributed by atoms with van der Waals surface area (Å²) in [7, 11) is 0. The first kappa shape index (κ1) is 13.6. The molecule has 0 bridgehead atoms. The van der Waals surface area contributed by atoms with Crippen LogP contribution in [0, 0.1) is 5.92 Å². The number of benzene rings is 2. The second kappa shape index (κ2) is 5.17. The minimum atomic E-state index is -0.957. The van der Waals surface area contributed by atoms with Gasteiger partial charge in [0.25, 0.3) is 0 Å². The molecule has 21 heavy (non-hydrogen) atoms. The normalized spacial score (nSPS) is 23.4. The zero-order valence-corrected chi connectivity index (χ0v) is 11.9. The van der Waals surface area contributed by atoms with E-state index in [-0.39, 0.29) is 5.92 Å². The fourth-order valence-corrected chi connectivity index (χ4v) is 2.60. The van der Waals surface area contributed by atoms with Crippen LogP contribution in [0.15, 0.2) is 65.7 Å². The first-order valence-corrected chi connectivity index (χ1v) is 7.07. The summed E-state index contributed by atoms with van der Waals surface area (Å²) in [6.07, 6.45) is 0.603. The molecule has 0 radical (unpaired) electrons. The van der Waals surface area contributed by atoms with E-state index in [9.17, 15) is 9.90 Å². The lowest BCUT2D eigenvalue weighted by molar-refractivity contribution is -0.139. The van der Waals surface area contributed by atoms with Gasteiger partial charge in [-0.1, -0.05) is 67.6 Å². The Labute approximate surface area is 124 Å². The van der Waals surface area contributed by atoms with E-state index >= 15 is 0 Å². The van der Waals surface area contributed by atoms with Gasteiger partial charge in [-0.15, -0.1) is 0 Å². The highest BCUT2D eigenvalue weighted by Gasteiger charge is 2.58. The van der Waals surface area contributed by atoms with Gasteiger partial charge in [-0.3, -0.25) is 4.99 Å². The van der Waals surface area contributed by atoms with E-state index < -0.39 is 11.5 Å². The lowest BCUT2D eigenvalue weighted by Crippen LogP contribution is -2.24. The monoisotopic (exact) mass is 279 g/mol. The van der Waals surface area contributed by atoms with E-state index in [2.05, 4.69) is 4.99 Å². The van der Waals surface area contributed by atoms with Crippen LogP contribution < -0.4 is 0 Å². The largest absolute Gasteiger partial charge is 0.479 e. The Bertz CT molecular complexity index is 637. The molecule has 3 rings (SSSR count). The van der Waals surface area contributed by atoms with Crippen LogP contribution in [-0.4, -0.2) is 22.3 Å². The summed E-state index contributed by atoms with van der Waals surface area (Å²) in [5.74, 6) is -0.753. The van der Waals surface area contributed by atoms with Gasteiger partial charge >= 0.3 is 5.97 Å². The number of carboxylic acid groups (broad SMARTS) is 1. The van der Waals surface area contributed by atoms with E-state index in [0.29, 0.717) is 6.42 Å². The van der Waals surface area contributed by atoms with Crippen molar-refractivity contribution in [2.24, 2.45) is 10.9 Å². The fraction of sp³-hybridized carbons (Fsp3) is 0.222. The van der Waals surface area contributed by atoms with Crippen LogP contribution in [0.5, 0.6) is 0 Å². The molecule has 1 aliphatic rings. The molecule has 0 amide bonds. The molecule has 1 N–H and O–H groups in total. The van der Waals surface area contributed by atoms with Crippen molar-refractivity contribution in [3.63, 3.8) is 0 Å². The molecule has 0 aliphatic heterocycles. The summed E-state index contributed by atoms with van der Waals surface area (Å²) < 4.78 is 0. The third-order valence-electron chi connectivity index (χ3n) is 4.05. The number of nitrogens with zero attached hydrogens (tertiary/aromatic N) is 1. The molecule has 2 atom stereocenters. The standard InChI is InChI=1S/C18H17NO2/c1-13-12-18(13,17(20)21)19-16(14-8-4-2-5-9-14)15-10-6-3-7-11-15/h2-11,13H,12H2,1H3,(H,20,21)/t13-,18?/m0/s1. The fourth-order valence-electron chi connectivity index (χ4n) is 2.60. The van der Waals surface area contributed by atoms with Gasteiger partial charge in [0, 0.05) is 11.1 Å². The van der Waals surface area contributed by atoms with Crippen molar-refractivity contribution in [2.45, 2.75) is 18.9 Å². The Morgan fingerprint density at radius 1 is 1.05 bits per heavy atom.